The Labute approximate surface area is 100 Å². The van der Waals surface area contributed by atoms with Gasteiger partial charge in [-0.2, -0.15) is 0 Å². The Morgan fingerprint density at radius 3 is 2.60 bits per heavy atom. The number of carbonyl (C=O) groups excluding carboxylic acids is 1. The van der Waals surface area contributed by atoms with Crippen LogP contribution in [0.2, 0.25) is 0 Å². The van der Waals surface area contributed by atoms with Crippen LogP contribution in [0.25, 0.3) is 0 Å². The molecule has 0 bridgehead atoms. The average Bonchev–Trinajstić information content (AvgIpc) is 2.18. The van der Waals surface area contributed by atoms with Gasteiger partial charge in [0, 0.05) is 17.3 Å². The van der Waals surface area contributed by atoms with Gasteiger partial charge in [0.05, 0.1) is 0 Å². The third kappa shape index (κ3) is 3.78. The minimum absolute atomic E-state index is 0.239. The second-order valence-electron chi connectivity index (χ2n) is 4.12. The maximum absolute atomic E-state index is 11.8. The van der Waals surface area contributed by atoms with Gasteiger partial charge in [0.1, 0.15) is 0 Å². The molecule has 0 heterocycles. The fraction of sp³-hybridized carbons (Fsp3) is 0.462. The largest absolute Gasteiger partial charge is 0.294 e. The maximum Gasteiger partial charge on any atom is 0.163 e. The minimum Gasteiger partial charge on any atom is -0.294 e. The highest BCUT2D eigenvalue weighted by atomic mass is 79.9. The molecule has 0 atom stereocenters. The molecule has 1 aromatic rings. The number of halogens is 1. The molecule has 2 heteroatoms. The summed E-state index contributed by atoms with van der Waals surface area (Å²) in [5.41, 5.74) is 2.07. The van der Waals surface area contributed by atoms with Crippen molar-refractivity contribution < 1.29 is 4.79 Å². The summed E-state index contributed by atoms with van der Waals surface area (Å²) in [7, 11) is 0. The van der Waals surface area contributed by atoms with Crippen molar-refractivity contribution in [2.75, 3.05) is 5.33 Å². The van der Waals surface area contributed by atoms with Crippen molar-refractivity contribution in [2.45, 2.75) is 26.7 Å². The molecule has 82 valence electrons. The van der Waals surface area contributed by atoms with E-state index in [2.05, 4.69) is 35.8 Å². The molecule has 1 nitrogen and oxygen atoms in total. The fourth-order valence-corrected chi connectivity index (χ4v) is 1.99. The molecule has 0 radical (unpaired) electrons. The van der Waals surface area contributed by atoms with E-state index in [9.17, 15) is 4.79 Å². The molecular formula is C13H17BrO. The van der Waals surface area contributed by atoms with E-state index in [1.807, 2.05) is 18.2 Å². The SMILES string of the molecule is CC(C)Cc1ccccc1C(=O)CCBr. The number of benzene rings is 1. The van der Waals surface area contributed by atoms with Gasteiger partial charge in [-0.25, -0.2) is 0 Å². The second kappa shape index (κ2) is 6.06. The molecule has 0 saturated heterocycles. The molecule has 0 fully saturated rings. The molecule has 0 aliphatic rings. The first-order valence-electron chi connectivity index (χ1n) is 5.32. The molecule has 0 aliphatic heterocycles. The van der Waals surface area contributed by atoms with E-state index in [1.165, 1.54) is 5.56 Å². The number of rotatable bonds is 5. The van der Waals surface area contributed by atoms with E-state index >= 15 is 0 Å². The van der Waals surface area contributed by atoms with Crippen molar-refractivity contribution >= 4 is 21.7 Å². The first kappa shape index (κ1) is 12.4. The highest BCUT2D eigenvalue weighted by Gasteiger charge is 2.10. The summed E-state index contributed by atoms with van der Waals surface area (Å²) in [4.78, 5) is 11.8. The van der Waals surface area contributed by atoms with Crippen molar-refractivity contribution in [1.29, 1.82) is 0 Å². The summed E-state index contributed by atoms with van der Waals surface area (Å²) in [5, 5.41) is 0.738. The van der Waals surface area contributed by atoms with Gasteiger partial charge in [0.2, 0.25) is 0 Å². The van der Waals surface area contributed by atoms with Crippen LogP contribution in [0.4, 0.5) is 0 Å². The van der Waals surface area contributed by atoms with Crippen LogP contribution in [0.15, 0.2) is 24.3 Å². The monoisotopic (exact) mass is 268 g/mol. The van der Waals surface area contributed by atoms with Crippen LogP contribution >= 0.6 is 15.9 Å². The first-order chi connectivity index (χ1) is 7.15. The highest BCUT2D eigenvalue weighted by molar-refractivity contribution is 9.09. The minimum atomic E-state index is 0.239. The van der Waals surface area contributed by atoms with E-state index in [0.29, 0.717) is 12.3 Å². The Morgan fingerprint density at radius 2 is 2.00 bits per heavy atom. The van der Waals surface area contributed by atoms with Crippen LogP contribution in [0.5, 0.6) is 0 Å². The quantitative estimate of drug-likeness (QED) is 0.586. The zero-order valence-electron chi connectivity index (χ0n) is 9.29. The van der Waals surface area contributed by atoms with Crippen molar-refractivity contribution in [1.82, 2.24) is 0 Å². The Balaban J connectivity index is 2.90. The lowest BCUT2D eigenvalue weighted by molar-refractivity contribution is 0.0989. The van der Waals surface area contributed by atoms with Crippen LogP contribution in [0.3, 0.4) is 0 Å². The lowest BCUT2D eigenvalue weighted by Gasteiger charge is -2.09. The lowest BCUT2D eigenvalue weighted by atomic mass is 9.95. The van der Waals surface area contributed by atoms with Gasteiger partial charge < -0.3 is 0 Å². The highest BCUT2D eigenvalue weighted by Crippen LogP contribution is 2.15. The molecule has 0 unspecified atom stereocenters. The molecular weight excluding hydrogens is 252 g/mol. The van der Waals surface area contributed by atoms with E-state index in [0.717, 1.165) is 17.3 Å². The van der Waals surface area contributed by atoms with Crippen LogP contribution < -0.4 is 0 Å². The summed E-state index contributed by atoms with van der Waals surface area (Å²) in [6.45, 7) is 4.34. The number of carbonyl (C=O) groups is 1. The van der Waals surface area contributed by atoms with Gasteiger partial charge >= 0.3 is 0 Å². The predicted octanol–water partition coefficient (Wildman–Crippen LogP) is 3.85. The zero-order chi connectivity index (χ0) is 11.3. The molecule has 1 rings (SSSR count). The summed E-state index contributed by atoms with van der Waals surface area (Å²) in [5.74, 6) is 0.825. The van der Waals surface area contributed by atoms with E-state index in [4.69, 9.17) is 0 Å². The molecule has 0 aliphatic carbocycles. The molecule has 15 heavy (non-hydrogen) atoms. The van der Waals surface area contributed by atoms with E-state index in [-0.39, 0.29) is 5.78 Å². The third-order valence-electron chi connectivity index (χ3n) is 2.27. The molecule has 0 N–H and O–H groups in total. The maximum atomic E-state index is 11.8. The molecule has 0 aromatic heterocycles. The molecule has 0 amide bonds. The summed E-state index contributed by atoms with van der Waals surface area (Å²) in [6.07, 6.45) is 1.55. The number of ketones is 1. The van der Waals surface area contributed by atoms with Crippen LogP contribution in [0, 0.1) is 5.92 Å². The normalized spacial score (nSPS) is 10.7. The summed E-state index contributed by atoms with van der Waals surface area (Å²) >= 11 is 3.30. The average molecular weight is 269 g/mol. The second-order valence-corrected chi connectivity index (χ2v) is 4.91. The van der Waals surface area contributed by atoms with Gasteiger partial charge in [0.15, 0.2) is 5.78 Å². The predicted molar refractivity (Wildman–Crippen MR) is 67.7 cm³/mol. The van der Waals surface area contributed by atoms with Crippen molar-refractivity contribution in [3.63, 3.8) is 0 Å². The third-order valence-corrected chi connectivity index (χ3v) is 2.66. The topological polar surface area (TPSA) is 17.1 Å². The smallest absolute Gasteiger partial charge is 0.163 e. The van der Waals surface area contributed by atoms with Gasteiger partial charge in [-0.1, -0.05) is 54.0 Å². The molecule has 1 aromatic carbocycles. The number of alkyl halides is 1. The molecule has 0 saturated carbocycles. The van der Waals surface area contributed by atoms with E-state index in [1.54, 1.807) is 0 Å². The van der Waals surface area contributed by atoms with Gasteiger partial charge in [0.25, 0.3) is 0 Å². The fourth-order valence-electron chi connectivity index (χ4n) is 1.63. The Kier molecular flexibility index (Phi) is 5.03. The van der Waals surface area contributed by atoms with Crippen LogP contribution in [0.1, 0.15) is 36.2 Å². The zero-order valence-corrected chi connectivity index (χ0v) is 10.9. The van der Waals surface area contributed by atoms with Crippen molar-refractivity contribution in [3.05, 3.63) is 35.4 Å². The van der Waals surface area contributed by atoms with Gasteiger partial charge in [-0.3, -0.25) is 4.79 Å². The number of hydrogen-bond donors (Lipinski definition) is 0. The first-order valence-corrected chi connectivity index (χ1v) is 6.44. The lowest BCUT2D eigenvalue weighted by Crippen LogP contribution is -2.06. The van der Waals surface area contributed by atoms with Gasteiger partial charge in [-0.15, -0.1) is 0 Å². The summed E-state index contributed by atoms with van der Waals surface area (Å²) in [6, 6.07) is 7.93. The Morgan fingerprint density at radius 1 is 1.33 bits per heavy atom. The number of hydrogen-bond acceptors (Lipinski definition) is 1. The van der Waals surface area contributed by atoms with Gasteiger partial charge in [-0.05, 0) is 17.9 Å². The summed E-state index contributed by atoms with van der Waals surface area (Å²) < 4.78 is 0. The van der Waals surface area contributed by atoms with Crippen molar-refractivity contribution in [3.8, 4) is 0 Å². The van der Waals surface area contributed by atoms with E-state index < -0.39 is 0 Å². The standard InChI is InChI=1S/C13H17BrO/c1-10(2)9-11-5-3-4-6-12(11)13(15)7-8-14/h3-6,10H,7-9H2,1-2H3. The van der Waals surface area contributed by atoms with Crippen LogP contribution in [-0.4, -0.2) is 11.1 Å². The van der Waals surface area contributed by atoms with Crippen molar-refractivity contribution in [2.24, 2.45) is 5.92 Å². The molecule has 0 spiro atoms. The Bertz CT molecular complexity index is 331. The Hall–Kier alpha value is -0.630. The van der Waals surface area contributed by atoms with Crippen LogP contribution in [-0.2, 0) is 6.42 Å². The number of Topliss-reactive ketones (excluding diaryl/α,β-unsaturated/α-hetero) is 1.